The minimum Gasteiger partial charge on any atom is -0.465 e. The third kappa shape index (κ3) is 3.48. The number of nitrogens with one attached hydrogen (secondary N) is 1. The standard InChI is InChI=1S/C11H16N2O4S2/c1-6(2)5-13-10-9(19(4,15)16)7(12)8(18-10)11(14)17-3/h13H,1,5,12H2,2-4H3. The van der Waals surface area contributed by atoms with E-state index in [9.17, 15) is 13.2 Å². The highest BCUT2D eigenvalue weighted by Gasteiger charge is 2.27. The summed E-state index contributed by atoms with van der Waals surface area (Å²) in [5, 5.41) is 3.23. The van der Waals surface area contributed by atoms with Gasteiger partial charge in [-0.15, -0.1) is 11.3 Å². The van der Waals surface area contributed by atoms with Crippen molar-refractivity contribution in [3.8, 4) is 0 Å². The molecule has 19 heavy (non-hydrogen) atoms. The number of hydrogen-bond donors (Lipinski definition) is 2. The smallest absolute Gasteiger partial charge is 0.350 e. The topological polar surface area (TPSA) is 98.5 Å². The van der Waals surface area contributed by atoms with E-state index >= 15 is 0 Å². The summed E-state index contributed by atoms with van der Waals surface area (Å²) in [5.74, 6) is -0.657. The van der Waals surface area contributed by atoms with Crippen LogP contribution in [-0.4, -0.2) is 34.3 Å². The van der Waals surface area contributed by atoms with Crippen LogP contribution in [0.15, 0.2) is 17.0 Å². The molecule has 0 saturated carbocycles. The Hall–Kier alpha value is -1.54. The van der Waals surface area contributed by atoms with E-state index in [2.05, 4.69) is 16.6 Å². The van der Waals surface area contributed by atoms with E-state index in [4.69, 9.17) is 5.73 Å². The fourth-order valence-corrected chi connectivity index (χ4v) is 3.87. The Morgan fingerprint density at radius 2 is 2.11 bits per heavy atom. The van der Waals surface area contributed by atoms with E-state index in [1.165, 1.54) is 7.11 Å². The number of thiophene rings is 1. The Morgan fingerprint density at radius 1 is 1.53 bits per heavy atom. The zero-order valence-corrected chi connectivity index (χ0v) is 12.6. The summed E-state index contributed by atoms with van der Waals surface area (Å²) in [6, 6.07) is 0. The Bertz CT molecular complexity index is 617. The lowest BCUT2D eigenvalue weighted by molar-refractivity contribution is 0.0607. The monoisotopic (exact) mass is 304 g/mol. The van der Waals surface area contributed by atoms with Gasteiger partial charge in [0.2, 0.25) is 0 Å². The molecule has 1 heterocycles. The van der Waals surface area contributed by atoms with Gasteiger partial charge in [0.05, 0.1) is 12.8 Å². The van der Waals surface area contributed by atoms with Crippen molar-refractivity contribution in [3.63, 3.8) is 0 Å². The molecule has 0 amide bonds. The van der Waals surface area contributed by atoms with Crippen molar-refractivity contribution in [2.45, 2.75) is 11.8 Å². The molecule has 0 saturated heterocycles. The molecule has 0 aliphatic carbocycles. The minimum absolute atomic E-state index is 0.0702. The summed E-state index contributed by atoms with van der Waals surface area (Å²) in [4.78, 5) is 11.5. The molecule has 1 rings (SSSR count). The molecule has 0 unspecified atom stereocenters. The van der Waals surface area contributed by atoms with Gasteiger partial charge < -0.3 is 15.8 Å². The van der Waals surface area contributed by atoms with Gasteiger partial charge in [0.15, 0.2) is 9.84 Å². The predicted octanol–water partition coefficient (Wildman–Crippen LogP) is 1.51. The average molecular weight is 304 g/mol. The number of carbonyl (C=O) groups excluding carboxylic acids is 1. The lowest BCUT2D eigenvalue weighted by Crippen LogP contribution is -2.08. The fourth-order valence-electron chi connectivity index (χ4n) is 1.39. The number of carbonyl (C=O) groups is 1. The van der Waals surface area contributed by atoms with E-state index in [1.807, 2.05) is 0 Å². The van der Waals surface area contributed by atoms with E-state index < -0.39 is 15.8 Å². The predicted molar refractivity (Wildman–Crippen MR) is 76.5 cm³/mol. The lowest BCUT2D eigenvalue weighted by atomic mass is 10.3. The first-order chi connectivity index (χ1) is 8.68. The Kier molecular flexibility index (Phi) is 4.59. The van der Waals surface area contributed by atoms with Gasteiger partial charge in [-0.25, -0.2) is 13.2 Å². The maximum atomic E-state index is 11.8. The second kappa shape index (κ2) is 5.62. The third-order valence-corrected chi connectivity index (χ3v) is 4.63. The summed E-state index contributed by atoms with van der Waals surface area (Å²) in [6.07, 6.45) is 1.04. The number of methoxy groups -OCH3 is 1. The first kappa shape index (κ1) is 15.5. The fraction of sp³-hybridized carbons (Fsp3) is 0.364. The molecule has 0 bridgehead atoms. The molecule has 3 N–H and O–H groups in total. The molecule has 0 radical (unpaired) electrons. The molecule has 6 nitrogen and oxygen atoms in total. The number of hydrogen-bond acceptors (Lipinski definition) is 7. The van der Waals surface area contributed by atoms with Crippen molar-refractivity contribution in [2.24, 2.45) is 0 Å². The Labute approximate surface area is 116 Å². The van der Waals surface area contributed by atoms with Crippen LogP contribution in [0.5, 0.6) is 0 Å². The number of esters is 1. The van der Waals surface area contributed by atoms with Crippen molar-refractivity contribution in [1.82, 2.24) is 0 Å². The molecule has 1 aromatic rings. The highest BCUT2D eigenvalue weighted by atomic mass is 32.2. The first-order valence-electron chi connectivity index (χ1n) is 5.27. The van der Waals surface area contributed by atoms with E-state index in [0.29, 0.717) is 11.5 Å². The number of nitrogens with two attached hydrogens (primary N) is 1. The summed E-state index contributed by atoms with van der Waals surface area (Å²) >= 11 is 0.957. The van der Waals surface area contributed by atoms with Crippen LogP contribution in [0.25, 0.3) is 0 Å². The van der Waals surface area contributed by atoms with Gasteiger partial charge in [-0.3, -0.25) is 0 Å². The molecular formula is C11H16N2O4S2. The van der Waals surface area contributed by atoms with Crippen LogP contribution in [0.4, 0.5) is 10.7 Å². The molecule has 106 valence electrons. The Balaban J connectivity index is 3.36. The lowest BCUT2D eigenvalue weighted by Gasteiger charge is -2.06. The third-order valence-electron chi connectivity index (χ3n) is 2.19. The summed E-state index contributed by atoms with van der Waals surface area (Å²) in [6.45, 7) is 5.90. The molecule has 0 atom stereocenters. The summed E-state index contributed by atoms with van der Waals surface area (Å²) in [5.41, 5.74) is 6.49. The minimum atomic E-state index is -3.55. The van der Waals surface area contributed by atoms with Gasteiger partial charge >= 0.3 is 5.97 Å². The molecule has 0 aliphatic heterocycles. The van der Waals surface area contributed by atoms with Gasteiger partial charge in [-0.05, 0) is 6.92 Å². The van der Waals surface area contributed by atoms with Gasteiger partial charge in [-0.1, -0.05) is 12.2 Å². The maximum absolute atomic E-state index is 11.8. The zero-order chi connectivity index (χ0) is 14.8. The first-order valence-corrected chi connectivity index (χ1v) is 7.98. The van der Waals surface area contributed by atoms with Gasteiger partial charge in [0, 0.05) is 12.8 Å². The second-order valence-electron chi connectivity index (χ2n) is 4.08. The number of nitrogen functional groups attached to an aromatic ring is 1. The van der Waals surface area contributed by atoms with Crippen LogP contribution in [0, 0.1) is 0 Å². The molecule has 8 heteroatoms. The molecule has 1 aromatic heterocycles. The molecule has 0 spiro atoms. The Morgan fingerprint density at radius 3 is 2.53 bits per heavy atom. The van der Waals surface area contributed by atoms with Crippen molar-refractivity contribution in [2.75, 3.05) is 31.0 Å². The number of sulfone groups is 1. The van der Waals surface area contributed by atoms with Crippen LogP contribution >= 0.6 is 11.3 Å². The number of rotatable bonds is 5. The quantitative estimate of drug-likeness (QED) is 0.632. The molecule has 0 aromatic carbocycles. The van der Waals surface area contributed by atoms with Crippen molar-refractivity contribution in [3.05, 3.63) is 17.0 Å². The van der Waals surface area contributed by atoms with Gasteiger partial charge in [0.1, 0.15) is 14.8 Å². The largest absolute Gasteiger partial charge is 0.465 e. The van der Waals surface area contributed by atoms with Gasteiger partial charge in [0.25, 0.3) is 0 Å². The van der Waals surface area contributed by atoms with E-state index in [0.717, 1.165) is 23.2 Å². The second-order valence-corrected chi connectivity index (χ2v) is 7.05. The number of ether oxygens (including phenoxy) is 1. The van der Waals surface area contributed by atoms with Crippen molar-refractivity contribution < 1.29 is 17.9 Å². The maximum Gasteiger partial charge on any atom is 0.350 e. The summed E-state index contributed by atoms with van der Waals surface area (Å²) in [7, 11) is -2.34. The molecule has 0 fully saturated rings. The van der Waals surface area contributed by atoms with Gasteiger partial charge in [-0.2, -0.15) is 0 Å². The summed E-state index contributed by atoms with van der Waals surface area (Å²) < 4.78 is 28.1. The highest BCUT2D eigenvalue weighted by molar-refractivity contribution is 7.91. The van der Waals surface area contributed by atoms with E-state index in [1.54, 1.807) is 6.92 Å². The SMILES string of the molecule is C=C(C)CNc1sc(C(=O)OC)c(N)c1S(C)(=O)=O. The van der Waals surface area contributed by atoms with Crippen LogP contribution in [-0.2, 0) is 14.6 Å². The van der Waals surface area contributed by atoms with Crippen molar-refractivity contribution >= 4 is 37.8 Å². The molecule has 0 aliphatic rings. The van der Waals surface area contributed by atoms with Crippen molar-refractivity contribution in [1.29, 1.82) is 0 Å². The number of anilines is 2. The van der Waals surface area contributed by atoms with E-state index in [-0.39, 0.29) is 15.5 Å². The van der Waals surface area contributed by atoms with Crippen LogP contribution in [0.3, 0.4) is 0 Å². The van der Waals surface area contributed by atoms with Crippen LogP contribution in [0.1, 0.15) is 16.6 Å². The highest BCUT2D eigenvalue weighted by Crippen LogP contribution is 2.39. The van der Waals surface area contributed by atoms with Crippen LogP contribution in [0.2, 0.25) is 0 Å². The molecular weight excluding hydrogens is 288 g/mol. The average Bonchev–Trinajstić information content (AvgIpc) is 2.62. The normalized spacial score (nSPS) is 11.1. The zero-order valence-electron chi connectivity index (χ0n) is 10.9. The van der Waals surface area contributed by atoms with Crippen LogP contribution < -0.4 is 11.1 Å².